The molecule has 3 aromatic rings. The van der Waals surface area contributed by atoms with Crippen molar-refractivity contribution in [3.05, 3.63) is 65.0 Å². The van der Waals surface area contributed by atoms with E-state index in [4.69, 9.17) is 0 Å². The summed E-state index contributed by atoms with van der Waals surface area (Å²) < 4.78 is 13.1. The fourth-order valence-electron chi connectivity index (χ4n) is 2.12. The second kappa shape index (κ2) is 6.66. The van der Waals surface area contributed by atoms with Crippen LogP contribution in [0.25, 0.3) is 10.7 Å². The molecule has 23 heavy (non-hydrogen) atoms. The number of carbonyl (C=O) groups excluding carboxylic acids is 1. The van der Waals surface area contributed by atoms with Crippen LogP contribution in [0.15, 0.2) is 48.0 Å². The molecule has 0 saturated carbocycles. The molecule has 1 N–H and O–H groups in total. The van der Waals surface area contributed by atoms with Gasteiger partial charge in [-0.2, -0.15) is 0 Å². The van der Waals surface area contributed by atoms with Gasteiger partial charge in [0.1, 0.15) is 10.8 Å². The highest BCUT2D eigenvalue weighted by Gasteiger charge is 2.11. The monoisotopic (exact) mass is 327 g/mol. The number of hydrogen-bond donors (Lipinski definition) is 1. The number of benzene rings is 1. The molecule has 0 aliphatic rings. The van der Waals surface area contributed by atoms with Crippen LogP contribution in [0.1, 0.15) is 11.3 Å². The van der Waals surface area contributed by atoms with E-state index in [1.807, 2.05) is 23.6 Å². The predicted octanol–water partition coefficient (Wildman–Crippen LogP) is 3.83. The Bertz CT molecular complexity index is 833. The van der Waals surface area contributed by atoms with Crippen molar-refractivity contribution in [1.29, 1.82) is 0 Å². The number of rotatable bonds is 4. The summed E-state index contributed by atoms with van der Waals surface area (Å²) in [6.45, 7) is 1.75. The molecule has 4 nitrogen and oxygen atoms in total. The molecule has 2 aromatic heterocycles. The summed E-state index contributed by atoms with van der Waals surface area (Å²) in [6, 6.07) is 9.89. The van der Waals surface area contributed by atoms with Crippen molar-refractivity contribution < 1.29 is 9.18 Å². The normalized spacial score (nSPS) is 10.5. The van der Waals surface area contributed by atoms with Crippen molar-refractivity contribution in [2.24, 2.45) is 0 Å². The molecule has 0 atom stereocenters. The zero-order valence-corrected chi connectivity index (χ0v) is 13.2. The Morgan fingerprint density at radius 2 is 2.17 bits per heavy atom. The molecule has 1 amide bonds. The van der Waals surface area contributed by atoms with Gasteiger partial charge in [0.25, 0.3) is 0 Å². The van der Waals surface area contributed by atoms with E-state index in [9.17, 15) is 9.18 Å². The molecule has 0 unspecified atom stereocenters. The molecular weight excluding hydrogens is 313 g/mol. The second-order valence-electron chi connectivity index (χ2n) is 5.04. The Labute approximate surface area is 137 Å². The highest BCUT2D eigenvalue weighted by molar-refractivity contribution is 7.13. The topological polar surface area (TPSA) is 54.9 Å². The highest BCUT2D eigenvalue weighted by Crippen LogP contribution is 2.22. The average molecular weight is 327 g/mol. The van der Waals surface area contributed by atoms with Crippen molar-refractivity contribution in [2.45, 2.75) is 13.3 Å². The Hall–Kier alpha value is -2.60. The number of nitrogens with zero attached hydrogens (tertiary/aromatic N) is 2. The average Bonchev–Trinajstić information content (AvgIpc) is 2.99. The molecule has 0 spiro atoms. The van der Waals surface area contributed by atoms with Crippen LogP contribution >= 0.6 is 11.3 Å². The van der Waals surface area contributed by atoms with Gasteiger partial charge in [-0.3, -0.25) is 9.78 Å². The maximum atomic E-state index is 13.1. The molecule has 3 rings (SSSR count). The fourth-order valence-corrected chi connectivity index (χ4v) is 2.92. The van der Waals surface area contributed by atoms with E-state index < -0.39 is 0 Å². The molecule has 0 aliphatic heterocycles. The van der Waals surface area contributed by atoms with Gasteiger partial charge in [-0.25, -0.2) is 9.37 Å². The molecule has 0 aliphatic carbocycles. The van der Waals surface area contributed by atoms with Crippen molar-refractivity contribution in [3.63, 3.8) is 0 Å². The lowest BCUT2D eigenvalue weighted by Crippen LogP contribution is -2.15. The Balaban J connectivity index is 1.68. The van der Waals surface area contributed by atoms with Crippen LogP contribution in [0.3, 0.4) is 0 Å². The molecule has 1 aromatic carbocycles. The van der Waals surface area contributed by atoms with Gasteiger partial charge < -0.3 is 5.32 Å². The van der Waals surface area contributed by atoms with E-state index >= 15 is 0 Å². The minimum absolute atomic E-state index is 0.167. The lowest BCUT2D eigenvalue weighted by Gasteiger charge is -2.07. The number of anilines is 1. The first-order chi connectivity index (χ1) is 11.1. The zero-order valence-electron chi connectivity index (χ0n) is 12.4. The lowest BCUT2D eigenvalue weighted by molar-refractivity contribution is -0.115. The van der Waals surface area contributed by atoms with E-state index in [0.717, 1.165) is 10.7 Å². The SMILES string of the molecule is Cc1cc(F)ccc1NC(=O)Cc1csc(-c2ccccn2)n1. The fraction of sp³-hybridized carbons (Fsp3) is 0.118. The number of aryl methyl sites for hydroxylation is 1. The molecule has 116 valence electrons. The van der Waals surface area contributed by atoms with Crippen LogP contribution < -0.4 is 5.32 Å². The molecule has 6 heteroatoms. The molecule has 0 saturated heterocycles. The molecule has 0 fully saturated rings. The maximum absolute atomic E-state index is 13.1. The standard InChI is InChI=1S/C17H14FN3OS/c1-11-8-12(18)5-6-14(11)21-16(22)9-13-10-23-17(20-13)15-4-2-3-7-19-15/h2-8,10H,9H2,1H3,(H,21,22). The third-order valence-electron chi connectivity index (χ3n) is 3.24. The van der Waals surface area contributed by atoms with Gasteiger partial charge in [-0.1, -0.05) is 6.07 Å². The summed E-state index contributed by atoms with van der Waals surface area (Å²) in [5.41, 5.74) is 2.77. The summed E-state index contributed by atoms with van der Waals surface area (Å²) in [4.78, 5) is 20.8. The minimum Gasteiger partial charge on any atom is -0.326 e. The number of nitrogens with one attached hydrogen (secondary N) is 1. The number of hydrogen-bond acceptors (Lipinski definition) is 4. The Morgan fingerprint density at radius 3 is 2.91 bits per heavy atom. The van der Waals surface area contributed by atoms with Crippen LogP contribution in [-0.2, 0) is 11.2 Å². The largest absolute Gasteiger partial charge is 0.326 e. The number of halogens is 1. The smallest absolute Gasteiger partial charge is 0.230 e. The maximum Gasteiger partial charge on any atom is 0.230 e. The van der Waals surface area contributed by atoms with Gasteiger partial charge >= 0.3 is 0 Å². The number of pyridine rings is 1. The summed E-state index contributed by atoms with van der Waals surface area (Å²) in [5, 5.41) is 5.41. The van der Waals surface area contributed by atoms with Crippen LogP contribution in [0.5, 0.6) is 0 Å². The van der Waals surface area contributed by atoms with E-state index in [1.165, 1.54) is 23.5 Å². The van der Waals surface area contributed by atoms with Crippen LogP contribution in [0.4, 0.5) is 10.1 Å². The minimum atomic E-state index is -0.319. The van der Waals surface area contributed by atoms with E-state index in [1.54, 1.807) is 19.2 Å². The first kappa shape index (κ1) is 15.3. The van der Waals surface area contributed by atoms with Crippen molar-refractivity contribution >= 4 is 22.9 Å². The van der Waals surface area contributed by atoms with E-state index in [0.29, 0.717) is 16.9 Å². The van der Waals surface area contributed by atoms with Crippen molar-refractivity contribution in [1.82, 2.24) is 9.97 Å². The number of carbonyl (C=O) groups is 1. The molecule has 0 radical (unpaired) electrons. The van der Waals surface area contributed by atoms with Crippen molar-refractivity contribution in [2.75, 3.05) is 5.32 Å². The van der Waals surface area contributed by atoms with Gasteiger partial charge in [0.2, 0.25) is 5.91 Å². The summed E-state index contributed by atoms with van der Waals surface area (Å²) in [5.74, 6) is -0.502. The second-order valence-corrected chi connectivity index (χ2v) is 5.90. The highest BCUT2D eigenvalue weighted by atomic mass is 32.1. The van der Waals surface area contributed by atoms with Gasteiger partial charge in [0, 0.05) is 17.3 Å². The number of amides is 1. The molecule has 0 bridgehead atoms. The molecular formula is C17H14FN3OS. The third-order valence-corrected chi connectivity index (χ3v) is 4.15. The third kappa shape index (κ3) is 3.78. The first-order valence-corrected chi connectivity index (χ1v) is 7.91. The number of aromatic nitrogens is 2. The predicted molar refractivity (Wildman–Crippen MR) is 88.8 cm³/mol. The molecule has 2 heterocycles. The van der Waals surface area contributed by atoms with Gasteiger partial charge in [0.15, 0.2) is 0 Å². The first-order valence-electron chi connectivity index (χ1n) is 7.03. The number of thiazole rings is 1. The van der Waals surface area contributed by atoms with Crippen LogP contribution in [0, 0.1) is 12.7 Å². The van der Waals surface area contributed by atoms with E-state index in [2.05, 4.69) is 15.3 Å². The Morgan fingerprint density at radius 1 is 1.30 bits per heavy atom. The van der Waals surface area contributed by atoms with Crippen LogP contribution in [0.2, 0.25) is 0 Å². The zero-order chi connectivity index (χ0) is 16.2. The van der Waals surface area contributed by atoms with Crippen molar-refractivity contribution in [3.8, 4) is 10.7 Å². The lowest BCUT2D eigenvalue weighted by atomic mass is 10.2. The Kier molecular flexibility index (Phi) is 4.43. The van der Waals surface area contributed by atoms with Crippen LogP contribution in [-0.4, -0.2) is 15.9 Å². The van der Waals surface area contributed by atoms with E-state index in [-0.39, 0.29) is 18.1 Å². The van der Waals surface area contributed by atoms with Gasteiger partial charge in [0.05, 0.1) is 17.8 Å². The van der Waals surface area contributed by atoms with Gasteiger partial charge in [-0.15, -0.1) is 11.3 Å². The quantitative estimate of drug-likeness (QED) is 0.792. The summed E-state index contributed by atoms with van der Waals surface area (Å²) in [6.07, 6.45) is 1.88. The summed E-state index contributed by atoms with van der Waals surface area (Å²) in [7, 11) is 0. The van der Waals surface area contributed by atoms with Gasteiger partial charge in [-0.05, 0) is 42.8 Å². The summed E-state index contributed by atoms with van der Waals surface area (Å²) >= 11 is 1.45.